The summed E-state index contributed by atoms with van der Waals surface area (Å²) >= 11 is 0. The second kappa shape index (κ2) is 8.74. The average molecular weight is 258 g/mol. The minimum absolute atomic E-state index is 0.00248. The van der Waals surface area contributed by atoms with Crippen molar-refractivity contribution in [3.05, 3.63) is 0 Å². The molecule has 0 aromatic heterocycles. The topological polar surface area (TPSA) is 91.0 Å². The lowest BCUT2D eigenvalue weighted by Gasteiger charge is -2.18. The maximum Gasteiger partial charge on any atom is 0.231 e. The molecule has 0 radical (unpaired) electrons. The monoisotopic (exact) mass is 258 g/mol. The molecule has 0 fully saturated rings. The standard InChI is InChI=1S/C12H26N4O2/c1-9(2)10(11(13)15-18)12(17)14-7-5-6-8-16(3)4/h9-10,18H,5-8H2,1-4H3,(H2,13,15)(H,14,17). The summed E-state index contributed by atoms with van der Waals surface area (Å²) in [4.78, 5) is 14.0. The molecular weight excluding hydrogens is 232 g/mol. The van der Waals surface area contributed by atoms with Crippen molar-refractivity contribution >= 4 is 11.7 Å². The van der Waals surface area contributed by atoms with Crippen LogP contribution in [-0.4, -0.2) is 49.0 Å². The molecule has 4 N–H and O–H groups in total. The van der Waals surface area contributed by atoms with Gasteiger partial charge in [-0.25, -0.2) is 0 Å². The Kier molecular flexibility index (Phi) is 8.11. The van der Waals surface area contributed by atoms with Crippen LogP contribution in [0, 0.1) is 11.8 Å². The maximum absolute atomic E-state index is 11.9. The predicted molar refractivity (Wildman–Crippen MR) is 72.5 cm³/mol. The van der Waals surface area contributed by atoms with Gasteiger partial charge < -0.3 is 21.2 Å². The van der Waals surface area contributed by atoms with Gasteiger partial charge in [-0.1, -0.05) is 19.0 Å². The van der Waals surface area contributed by atoms with E-state index in [1.54, 1.807) is 0 Å². The van der Waals surface area contributed by atoms with Crippen LogP contribution in [0.4, 0.5) is 0 Å². The summed E-state index contributed by atoms with van der Waals surface area (Å²) in [6.45, 7) is 5.36. The molecule has 18 heavy (non-hydrogen) atoms. The number of hydrogen-bond acceptors (Lipinski definition) is 4. The van der Waals surface area contributed by atoms with E-state index in [0.717, 1.165) is 19.4 Å². The third-order valence-electron chi connectivity index (χ3n) is 2.71. The Labute approximate surface area is 109 Å². The molecule has 0 aliphatic carbocycles. The molecule has 0 heterocycles. The number of carbonyl (C=O) groups is 1. The molecule has 0 saturated carbocycles. The zero-order valence-corrected chi connectivity index (χ0v) is 11.8. The normalized spacial score (nSPS) is 14.0. The first-order chi connectivity index (χ1) is 8.40. The third-order valence-corrected chi connectivity index (χ3v) is 2.71. The number of unbranched alkanes of at least 4 members (excludes halogenated alkanes) is 1. The molecule has 1 amide bonds. The molecular formula is C12H26N4O2. The van der Waals surface area contributed by atoms with Gasteiger partial charge in [0.2, 0.25) is 5.91 Å². The van der Waals surface area contributed by atoms with E-state index in [4.69, 9.17) is 10.9 Å². The van der Waals surface area contributed by atoms with Gasteiger partial charge in [0, 0.05) is 6.54 Å². The van der Waals surface area contributed by atoms with Crippen molar-refractivity contribution in [3.63, 3.8) is 0 Å². The second-order valence-electron chi connectivity index (χ2n) is 5.05. The van der Waals surface area contributed by atoms with Crippen molar-refractivity contribution in [2.75, 3.05) is 27.2 Å². The number of hydrogen-bond donors (Lipinski definition) is 3. The summed E-state index contributed by atoms with van der Waals surface area (Å²) in [5.41, 5.74) is 5.52. The van der Waals surface area contributed by atoms with Gasteiger partial charge >= 0.3 is 0 Å². The molecule has 106 valence electrons. The molecule has 0 rings (SSSR count). The zero-order valence-electron chi connectivity index (χ0n) is 11.8. The minimum atomic E-state index is -0.566. The summed E-state index contributed by atoms with van der Waals surface area (Å²) < 4.78 is 0. The summed E-state index contributed by atoms with van der Waals surface area (Å²) in [5, 5.41) is 14.4. The molecule has 0 bridgehead atoms. The minimum Gasteiger partial charge on any atom is -0.409 e. The average Bonchev–Trinajstić information content (AvgIpc) is 2.27. The molecule has 0 spiro atoms. The number of nitrogens with zero attached hydrogens (tertiary/aromatic N) is 2. The van der Waals surface area contributed by atoms with Gasteiger partial charge in [-0.2, -0.15) is 0 Å². The van der Waals surface area contributed by atoms with E-state index in [1.807, 2.05) is 27.9 Å². The maximum atomic E-state index is 11.9. The van der Waals surface area contributed by atoms with E-state index in [2.05, 4.69) is 15.4 Å². The van der Waals surface area contributed by atoms with Crippen molar-refractivity contribution in [1.82, 2.24) is 10.2 Å². The van der Waals surface area contributed by atoms with Crippen LogP contribution in [0.1, 0.15) is 26.7 Å². The smallest absolute Gasteiger partial charge is 0.231 e. The molecule has 0 aliphatic heterocycles. The van der Waals surface area contributed by atoms with Crippen molar-refractivity contribution in [2.24, 2.45) is 22.7 Å². The summed E-state index contributed by atoms with van der Waals surface area (Å²) in [6.07, 6.45) is 1.95. The quantitative estimate of drug-likeness (QED) is 0.194. The Morgan fingerprint density at radius 1 is 1.39 bits per heavy atom. The first-order valence-corrected chi connectivity index (χ1v) is 6.30. The Bertz CT molecular complexity index is 277. The lowest BCUT2D eigenvalue weighted by atomic mass is 9.94. The first-order valence-electron chi connectivity index (χ1n) is 6.30. The van der Waals surface area contributed by atoms with E-state index < -0.39 is 5.92 Å². The number of carbonyl (C=O) groups excluding carboxylic acids is 1. The van der Waals surface area contributed by atoms with Crippen molar-refractivity contribution in [1.29, 1.82) is 0 Å². The van der Waals surface area contributed by atoms with Crippen molar-refractivity contribution in [2.45, 2.75) is 26.7 Å². The fourth-order valence-corrected chi connectivity index (χ4v) is 1.72. The van der Waals surface area contributed by atoms with Crippen LogP contribution in [-0.2, 0) is 4.79 Å². The molecule has 0 aromatic carbocycles. The fraction of sp³-hybridized carbons (Fsp3) is 0.833. The molecule has 1 unspecified atom stereocenters. The van der Waals surface area contributed by atoms with Gasteiger partial charge in [-0.15, -0.1) is 0 Å². The Hall–Kier alpha value is -1.30. The van der Waals surface area contributed by atoms with Crippen LogP contribution in [0.2, 0.25) is 0 Å². The van der Waals surface area contributed by atoms with E-state index in [1.165, 1.54) is 0 Å². The second-order valence-corrected chi connectivity index (χ2v) is 5.05. The van der Waals surface area contributed by atoms with Gasteiger partial charge in [0.15, 0.2) is 5.84 Å². The van der Waals surface area contributed by atoms with Crippen LogP contribution in [0.25, 0.3) is 0 Å². The summed E-state index contributed by atoms with van der Waals surface area (Å²) in [5.74, 6) is -0.771. The van der Waals surface area contributed by atoms with Crippen molar-refractivity contribution in [3.8, 4) is 0 Å². The number of rotatable bonds is 8. The number of amides is 1. The highest BCUT2D eigenvalue weighted by molar-refractivity contribution is 6.02. The Morgan fingerprint density at radius 3 is 2.44 bits per heavy atom. The van der Waals surface area contributed by atoms with Gasteiger partial charge in [0.05, 0.1) is 0 Å². The molecule has 0 aromatic rings. The van der Waals surface area contributed by atoms with Crippen LogP contribution in [0.5, 0.6) is 0 Å². The highest BCUT2D eigenvalue weighted by Gasteiger charge is 2.26. The predicted octanol–water partition coefficient (Wildman–Crippen LogP) is 0.463. The SMILES string of the molecule is CC(C)C(C(=O)NCCCCN(C)C)C(N)=NO. The van der Waals surface area contributed by atoms with Crippen LogP contribution in [0.3, 0.4) is 0 Å². The summed E-state index contributed by atoms with van der Waals surface area (Å²) in [7, 11) is 4.04. The lowest BCUT2D eigenvalue weighted by Crippen LogP contribution is -2.42. The Morgan fingerprint density at radius 2 is 2.00 bits per heavy atom. The van der Waals surface area contributed by atoms with Gasteiger partial charge in [-0.05, 0) is 39.4 Å². The molecule has 1 atom stereocenters. The van der Waals surface area contributed by atoms with E-state index in [9.17, 15) is 4.79 Å². The Balaban J connectivity index is 4.05. The first kappa shape index (κ1) is 16.7. The fourth-order valence-electron chi connectivity index (χ4n) is 1.72. The number of nitrogens with one attached hydrogen (secondary N) is 1. The largest absolute Gasteiger partial charge is 0.409 e. The van der Waals surface area contributed by atoms with Crippen LogP contribution < -0.4 is 11.1 Å². The van der Waals surface area contributed by atoms with Gasteiger partial charge in [0.1, 0.15) is 5.92 Å². The number of nitrogens with two attached hydrogens (primary N) is 1. The summed E-state index contributed by atoms with van der Waals surface area (Å²) in [6, 6.07) is 0. The zero-order chi connectivity index (χ0) is 14.1. The van der Waals surface area contributed by atoms with E-state index >= 15 is 0 Å². The number of oxime groups is 1. The third kappa shape index (κ3) is 6.44. The van der Waals surface area contributed by atoms with Crippen LogP contribution >= 0.6 is 0 Å². The molecule has 6 nitrogen and oxygen atoms in total. The van der Waals surface area contributed by atoms with Gasteiger partial charge in [0.25, 0.3) is 0 Å². The number of amidine groups is 1. The molecule has 0 saturated heterocycles. The molecule has 6 heteroatoms. The highest BCUT2D eigenvalue weighted by atomic mass is 16.4. The van der Waals surface area contributed by atoms with E-state index in [0.29, 0.717) is 6.54 Å². The molecule has 0 aliphatic rings. The van der Waals surface area contributed by atoms with Crippen LogP contribution in [0.15, 0.2) is 5.16 Å². The van der Waals surface area contributed by atoms with Gasteiger partial charge in [-0.3, -0.25) is 4.79 Å². The van der Waals surface area contributed by atoms with Crippen molar-refractivity contribution < 1.29 is 10.0 Å². The lowest BCUT2D eigenvalue weighted by molar-refractivity contribution is -0.124. The van der Waals surface area contributed by atoms with E-state index in [-0.39, 0.29) is 17.7 Å². The highest BCUT2D eigenvalue weighted by Crippen LogP contribution is 2.11.